The van der Waals surface area contributed by atoms with E-state index in [-0.39, 0.29) is 16.1 Å². The van der Waals surface area contributed by atoms with Gasteiger partial charge < -0.3 is 14.7 Å². The first-order valence-corrected chi connectivity index (χ1v) is 9.16. The Balaban J connectivity index is 1.80. The van der Waals surface area contributed by atoms with Crippen LogP contribution in [0.15, 0.2) is 10.7 Å². The van der Waals surface area contributed by atoms with Crippen LogP contribution in [0.4, 0.5) is 17.1 Å². The van der Waals surface area contributed by atoms with Gasteiger partial charge in [0.2, 0.25) is 5.52 Å². The molecule has 0 N–H and O–H groups in total. The van der Waals surface area contributed by atoms with Crippen molar-refractivity contribution in [3.05, 3.63) is 16.2 Å². The van der Waals surface area contributed by atoms with Crippen molar-refractivity contribution in [2.24, 2.45) is 0 Å². The molecule has 0 bridgehead atoms. The highest BCUT2D eigenvalue weighted by Gasteiger charge is 2.32. The standard InChI is InChI=1S/C17H24N6O3/c1-20-9-5-12(6-10-20)21(2)13-11-14(22-7-3-4-8-22)17(23(24)25)16-15(13)18-26-19-16/h11-12H,3-10H2,1-2H3. The molecule has 0 saturated carbocycles. The average Bonchev–Trinajstić information content (AvgIpc) is 3.31. The molecule has 4 rings (SSSR count). The van der Waals surface area contributed by atoms with Gasteiger partial charge in [0, 0.05) is 26.2 Å². The zero-order valence-corrected chi connectivity index (χ0v) is 15.2. The molecule has 140 valence electrons. The molecular formula is C17H24N6O3. The molecule has 0 aliphatic carbocycles. The lowest BCUT2D eigenvalue weighted by atomic mass is 10.0. The minimum absolute atomic E-state index is 0.00341. The zero-order valence-electron chi connectivity index (χ0n) is 15.2. The summed E-state index contributed by atoms with van der Waals surface area (Å²) in [6.07, 6.45) is 4.20. The first-order chi connectivity index (χ1) is 12.6. The van der Waals surface area contributed by atoms with E-state index in [4.69, 9.17) is 4.63 Å². The van der Waals surface area contributed by atoms with Crippen LogP contribution in [0.2, 0.25) is 0 Å². The topological polar surface area (TPSA) is 91.8 Å². The fourth-order valence-electron chi connectivity index (χ4n) is 4.13. The van der Waals surface area contributed by atoms with Crippen molar-refractivity contribution in [3.8, 4) is 0 Å². The van der Waals surface area contributed by atoms with Gasteiger partial charge in [0.25, 0.3) is 0 Å². The van der Waals surface area contributed by atoms with Crippen LogP contribution >= 0.6 is 0 Å². The Morgan fingerprint density at radius 3 is 2.50 bits per heavy atom. The molecule has 2 aliphatic heterocycles. The molecule has 9 nitrogen and oxygen atoms in total. The van der Waals surface area contributed by atoms with Crippen molar-refractivity contribution < 1.29 is 9.55 Å². The normalized spacial score (nSPS) is 19.4. The number of benzene rings is 1. The smallest absolute Gasteiger partial charge is 0.323 e. The largest absolute Gasteiger partial charge is 0.370 e. The highest BCUT2D eigenvalue weighted by molar-refractivity contribution is 6.00. The maximum atomic E-state index is 11.8. The summed E-state index contributed by atoms with van der Waals surface area (Å²) in [6, 6.07) is 2.29. The van der Waals surface area contributed by atoms with Gasteiger partial charge in [-0.1, -0.05) is 0 Å². The second kappa shape index (κ2) is 6.71. The van der Waals surface area contributed by atoms with E-state index in [1.165, 1.54) is 0 Å². The molecule has 2 aromatic rings. The van der Waals surface area contributed by atoms with Gasteiger partial charge in [0.1, 0.15) is 5.69 Å². The van der Waals surface area contributed by atoms with Gasteiger partial charge in [-0.25, -0.2) is 4.63 Å². The van der Waals surface area contributed by atoms with Gasteiger partial charge >= 0.3 is 5.69 Å². The number of hydrogen-bond donors (Lipinski definition) is 0. The summed E-state index contributed by atoms with van der Waals surface area (Å²) >= 11 is 0. The van der Waals surface area contributed by atoms with Crippen molar-refractivity contribution in [3.63, 3.8) is 0 Å². The lowest BCUT2D eigenvalue weighted by Crippen LogP contribution is -2.42. The third kappa shape index (κ3) is 2.86. The molecule has 0 unspecified atom stereocenters. The number of nitro groups is 1. The molecule has 9 heteroatoms. The number of anilines is 2. The maximum Gasteiger partial charge on any atom is 0.323 e. The molecule has 0 amide bonds. The van der Waals surface area contributed by atoms with Gasteiger partial charge in [-0.2, -0.15) is 0 Å². The number of nitro benzene ring substituents is 1. The second-order valence-electron chi connectivity index (χ2n) is 7.32. The summed E-state index contributed by atoms with van der Waals surface area (Å²) in [4.78, 5) is 18.0. The van der Waals surface area contributed by atoms with Crippen molar-refractivity contribution in [2.75, 3.05) is 50.1 Å². The zero-order chi connectivity index (χ0) is 18.3. The van der Waals surface area contributed by atoms with E-state index >= 15 is 0 Å². The fraction of sp³-hybridized carbons (Fsp3) is 0.647. The van der Waals surface area contributed by atoms with Gasteiger partial charge in [-0.05, 0) is 62.2 Å². The third-order valence-electron chi connectivity index (χ3n) is 5.72. The second-order valence-corrected chi connectivity index (χ2v) is 7.32. The van der Waals surface area contributed by atoms with Gasteiger partial charge in [0.15, 0.2) is 5.52 Å². The lowest BCUT2D eigenvalue weighted by molar-refractivity contribution is -0.382. The summed E-state index contributed by atoms with van der Waals surface area (Å²) in [5.41, 5.74) is 2.22. The average molecular weight is 360 g/mol. The molecule has 0 radical (unpaired) electrons. The Kier molecular flexibility index (Phi) is 4.39. The van der Waals surface area contributed by atoms with Crippen LogP contribution in [0.3, 0.4) is 0 Å². The SMILES string of the molecule is CN1CCC(N(C)c2cc(N3CCCC3)c([N+](=O)[O-])c3nonc23)CC1. The van der Waals surface area contributed by atoms with Crippen LogP contribution in [0.5, 0.6) is 0 Å². The summed E-state index contributed by atoms with van der Waals surface area (Å²) in [7, 11) is 4.17. The summed E-state index contributed by atoms with van der Waals surface area (Å²) in [5.74, 6) is 0. The molecule has 26 heavy (non-hydrogen) atoms. The predicted molar refractivity (Wildman–Crippen MR) is 98.8 cm³/mol. The number of piperidine rings is 1. The van der Waals surface area contributed by atoms with Crippen molar-refractivity contribution in [1.82, 2.24) is 15.2 Å². The van der Waals surface area contributed by atoms with Crippen LogP contribution in [0.1, 0.15) is 25.7 Å². The van der Waals surface area contributed by atoms with E-state index in [0.717, 1.165) is 57.5 Å². The van der Waals surface area contributed by atoms with Crippen molar-refractivity contribution in [1.29, 1.82) is 0 Å². The van der Waals surface area contributed by atoms with E-state index in [9.17, 15) is 10.1 Å². The van der Waals surface area contributed by atoms with Crippen LogP contribution in [0.25, 0.3) is 11.0 Å². The molecule has 1 aromatic heterocycles. The molecule has 2 saturated heterocycles. The molecule has 2 aliphatic rings. The minimum Gasteiger partial charge on any atom is -0.370 e. The molecule has 0 atom stereocenters. The Bertz CT molecular complexity index is 808. The van der Waals surface area contributed by atoms with E-state index in [1.54, 1.807) is 0 Å². The van der Waals surface area contributed by atoms with Gasteiger partial charge in [-0.15, -0.1) is 0 Å². The van der Waals surface area contributed by atoms with Crippen LogP contribution in [-0.2, 0) is 0 Å². The number of nitrogens with zero attached hydrogens (tertiary/aromatic N) is 6. The Hall–Kier alpha value is -2.42. The lowest BCUT2D eigenvalue weighted by Gasteiger charge is -2.36. The third-order valence-corrected chi connectivity index (χ3v) is 5.72. The predicted octanol–water partition coefficient (Wildman–Crippen LogP) is 2.26. The molecule has 2 fully saturated rings. The first-order valence-electron chi connectivity index (χ1n) is 9.16. The number of hydrogen-bond acceptors (Lipinski definition) is 8. The van der Waals surface area contributed by atoms with Crippen molar-refractivity contribution >= 4 is 28.1 Å². The number of rotatable bonds is 4. The Morgan fingerprint density at radius 2 is 1.85 bits per heavy atom. The van der Waals surface area contributed by atoms with Crippen LogP contribution in [0, 0.1) is 10.1 Å². The summed E-state index contributed by atoms with van der Waals surface area (Å²) in [6.45, 7) is 3.74. The maximum absolute atomic E-state index is 11.8. The first kappa shape index (κ1) is 17.0. The van der Waals surface area contributed by atoms with E-state index in [0.29, 0.717) is 17.2 Å². The fourth-order valence-corrected chi connectivity index (χ4v) is 4.13. The molecule has 3 heterocycles. The molecular weight excluding hydrogens is 336 g/mol. The summed E-state index contributed by atoms with van der Waals surface area (Å²) in [5, 5.41) is 19.6. The van der Waals surface area contributed by atoms with E-state index < -0.39 is 0 Å². The van der Waals surface area contributed by atoms with E-state index in [2.05, 4.69) is 32.1 Å². The monoisotopic (exact) mass is 360 g/mol. The number of aromatic nitrogens is 2. The van der Waals surface area contributed by atoms with Crippen molar-refractivity contribution in [2.45, 2.75) is 31.7 Å². The number of likely N-dealkylation sites (tertiary alicyclic amines) is 1. The minimum atomic E-state index is -0.362. The number of fused-ring (bicyclic) bond motifs is 1. The Labute approximate surface area is 151 Å². The van der Waals surface area contributed by atoms with Crippen LogP contribution in [-0.4, -0.2) is 66.5 Å². The molecule has 0 spiro atoms. The molecule has 1 aromatic carbocycles. The van der Waals surface area contributed by atoms with Gasteiger partial charge in [-0.3, -0.25) is 10.1 Å². The Morgan fingerprint density at radius 1 is 1.19 bits per heavy atom. The highest BCUT2D eigenvalue weighted by Crippen LogP contribution is 2.42. The quantitative estimate of drug-likeness (QED) is 0.606. The highest BCUT2D eigenvalue weighted by atomic mass is 16.6. The van der Waals surface area contributed by atoms with E-state index in [1.807, 2.05) is 13.1 Å². The van der Waals surface area contributed by atoms with Gasteiger partial charge in [0.05, 0.1) is 10.6 Å². The summed E-state index contributed by atoms with van der Waals surface area (Å²) < 4.78 is 4.91. The van der Waals surface area contributed by atoms with Crippen LogP contribution < -0.4 is 9.80 Å².